The zero-order valence-corrected chi connectivity index (χ0v) is 20.6. The summed E-state index contributed by atoms with van der Waals surface area (Å²) in [5, 5.41) is 12.4. The van der Waals surface area contributed by atoms with Crippen molar-refractivity contribution in [3.8, 4) is 11.1 Å². The molecular weight excluding hydrogens is 444 g/mol. The lowest BCUT2D eigenvalue weighted by Gasteiger charge is -2.30. The number of carboxylic acid groups (broad SMARTS) is 1. The second-order valence-corrected chi connectivity index (χ2v) is 10.3. The number of fused-ring (bicyclic) bond motifs is 3. The van der Waals surface area contributed by atoms with E-state index in [0.29, 0.717) is 25.9 Å². The largest absolute Gasteiger partial charge is 0.480 e. The summed E-state index contributed by atoms with van der Waals surface area (Å²) in [6.07, 6.45) is 1.03. The first kappa shape index (κ1) is 24.8. The minimum atomic E-state index is -0.967. The number of nitrogens with zero attached hydrogens (tertiary/aromatic N) is 1. The van der Waals surface area contributed by atoms with E-state index in [4.69, 9.17) is 4.74 Å². The van der Waals surface area contributed by atoms with E-state index < -0.39 is 23.5 Å². The summed E-state index contributed by atoms with van der Waals surface area (Å²) in [5.41, 5.74) is 4.20. The highest BCUT2D eigenvalue weighted by Crippen LogP contribution is 2.44. The molecule has 1 aliphatic carbocycles. The minimum Gasteiger partial charge on any atom is -0.480 e. The van der Waals surface area contributed by atoms with E-state index in [0.717, 1.165) is 11.1 Å². The van der Waals surface area contributed by atoms with Crippen molar-refractivity contribution in [2.24, 2.45) is 11.3 Å². The van der Waals surface area contributed by atoms with Crippen LogP contribution < -0.4 is 5.32 Å². The number of rotatable bonds is 8. The van der Waals surface area contributed by atoms with E-state index in [1.165, 1.54) is 16.0 Å². The maximum atomic E-state index is 12.9. The predicted molar refractivity (Wildman–Crippen MR) is 133 cm³/mol. The number of amides is 2. The molecule has 2 aromatic rings. The molecule has 0 spiro atoms. The Morgan fingerprint density at radius 2 is 1.69 bits per heavy atom. The van der Waals surface area contributed by atoms with Crippen molar-refractivity contribution in [2.75, 3.05) is 19.7 Å². The third-order valence-electron chi connectivity index (χ3n) is 7.52. The number of ether oxygens (including phenoxy) is 1. The van der Waals surface area contributed by atoms with Gasteiger partial charge >= 0.3 is 12.1 Å². The van der Waals surface area contributed by atoms with Gasteiger partial charge in [-0.3, -0.25) is 4.79 Å². The Hall–Kier alpha value is -3.35. The van der Waals surface area contributed by atoms with Gasteiger partial charge in [0.15, 0.2) is 0 Å². The molecular formula is C28H34N2O5. The molecule has 2 unspecified atom stereocenters. The zero-order chi connectivity index (χ0) is 25.2. The van der Waals surface area contributed by atoms with Gasteiger partial charge in [-0.25, -0.2) is 9.59 Å². The van der Waals surface area contributed by atoms with Crippen LogP contribution in [0.1, 0.15) is 57.1 Å². The SMILES string of the molecule is CCC(CNC(=O)OCC1c2ccccc2-c2ccccc21)CC(=O)N1CCC(C)(C)C1C(=O)O. The Balaban J connectivity index is 1.31. The molecule has 1 saturated heterocycles. The standard InChI is InChI=1S/C28H34N2O5/c1-4-18(15-24(31)30-14-13-28(2,3)25(30)26(32)33)16-29-27(34)35-17-23-21-11-7-5-9-19(21)20-10-6-8-12-22(20)23/h5-12,18,23,25H,4,13-17H2,1-3H3,(H,29,34)(H,32,33). The number of hydrogen-bond donors (Lipinski definition) is 2. The van der Waals surface area contributed by atoms with E-state index in [-0.39, 0.29) is 30.8 Å². The molecule has 7 nitrogen and oxygen atoms in total. The van der Waals surface area contributed by atoms with Gasteiger partial charge in [0.2, 0.25) is 5.91 Å². The summed E-state index contributed by atoms with van der Waals surface area (Å²) in [4.78, 5) is 38.7. The average Bonchev–Trinajstić information content (AvgIpc) is 3.34. The highest BCUT2D eigenvalue weighted by atomic mass is 16.5. The molecule has 2 aliphatic rings. The Labute approximate surface area is 206 Å². The zero-order valence-electron chi connectivity index (χ0n) is 20.6. The number of aliphatic carboxylic acids is 1. The van der Waals surface area contributed by atoms with Crippen LogP contribution in [-0.2, 0) is 14.3 Å². The molecule has 4 rings (SSSR count). The van der Waals surface area contributed by atoms with Crippen LogP contribution in [0.15, 0.2) is 48.5 Å². The maximum Gasteiger partial charge on any atom is 0.407 e. The fourth-order valence-corrected chi connectivity index (χ4v) is 5.43. The Bertz CT molecular complexity index is 1070. The summed E-state index contributed by atoms with van der Waals surface area (Å²) in [6, 6.07) is 15.5. The van der Waals surface area contributed by atoms with Crippen molar-refractivity contribution < 1.29 is 24.2 Å². The van der Waals surface area contributed by atoms with Crippen LogP contribution >= 0.6 is 0 Å². The fraction of sp³-hybridized carbons (Fsp3) is 0.464. The second-order valence-electron chi connectivity index (χ2n) is 10.3. The van der Waals surface area contributed by atoms with Crippen LogP contribution in [0.4, 0.5) is 4.79 Å². The average molecular weight is 479 g/mol. The van der Waals surface area contributed by atoms with Gasteiger partial charge in [-0.1, -0.05) is 75.7 Å². The van der Waals surface area contributed by atoms with Crippen molar-refractivity contribution >= 4 is 18.0 Å². The molecule has 35 heavy (non-hydrogen) atoms. The highest BCUT2D eigenvalue weighted by molar-refractivity contribution is 5.85. The van der Waals surface area contributed by atoms with Gasteiger partial charge in [-0.15, -0.1) is 0 Å². The summed E-state index contributed by atoms with van der Waals surface area (Å²) in [5.74, 6) is -1.25. The first-order valence-corrected chi connectivity index (χ1v) is 12.3. The Morgan fingerprint density at radius 3 is 2.26 bits per heavy atom. The van der Waals surface area contributed by atoms with Crippen molar-refractivity contribution in [2.45, 2.75) is 52.0 Å². The Morgan fingerprint density at radius 1 is 1.09 bits per heavy atom. The Kier molecular flexibility index (Phi) is 7.15. The molecule has 1 heterocycles. The van der Waals surface area contributed by atoms with Crippen LogP contribution in [0.25, 0.3) is 11.1 Å². The van der Waals surface area contributed by atoms with Crippen molar-refractivity contribution in [1.29, 1.82) is 0 Å². The van der Waals surface area contributed by atoms with Crippen molar-refractivity contribution in [1.82, 2.24) is 10.2 Å². The summed E-state index contributed by atoms with van der Waals surface area (Å²) in [7, 11) is 0. The number of benzene rings is 2. The van der Waals surface area contributed by atoms with Gasteiger partial charge in [0.1, 0.15) is 12.6 Å². The van der Waals surface area contributed by atoms with E-state index in [9.17, 15) is 19.5 Å². The normalized spacial score (nSPS) is 19.1. The lowest BCUT2D eigenvalue weighted by molar-refractivity contribution is -0.151. The fourth-order valence-electron chi connectivity index (χ4n) is 5.43. The van der Waals surface area contributed by atoms with Crippen molar-refractivity contribution in [3.05, 3.63) is 59.7 Å². The third kappa shape index (κ3) is 5.04. The number of alkyl carbamates (subject to hydrolysis) is 1. The maximum absolute atomic E-state index is 12.9. The molecule has 1 fully saturated rings. The van der Waals surface area contributed by atoms with E-state index in [1.807, 2.05) is 45.0 Å². The van der Waals surface area contributed by atoms with Gasteiger partial charge in [-0.05, 0) is 40.0 Å². The topological polar surface area (TPSA) is 95.9 Å². The molecule has 0 aromatic heterocycles. The van der Waals surface area contributed by atoms with Crippen LogP contribution in [0.5, 0.6) is 0 Å². The van der Waals surface area contributed by atoms with Crippen LogP contribution in [0.2, 0.25) is 0 Å². The lowest BCUT2D eigenvalue weighted by atomic mass is 9.84. The number of hydrogen-bond acceptors (Lipinski definition) is 4. The quantitative estimate of drug-likeness (QED) is 0.576. The van der Waals surface area contributed by atoms with E-state index >= 15 is 0 Å². The van der Waals surface area contributed by atoms with Gasteiger partial charge in [-0.2, -0.15) is 0 Å². The second kappa shape index (κ2) is 10.1. The first-order valence-electron chi connectivity index (χ1n) is 12.3. The van der Waals surface area contributed by atoms with Gasteiger partial charge in [0.05, 0.1) is 0 Å². The monoisotopic (exact) mass is 478 g/mol. The summed E-state index contributed by atoms with van der Waals surface area (Å²) < 4.78 is 5.59. The number of likely N-dealkylation sites (tertiary alicyclic amines) is 1. The number of carboxylic acids is 1. The molecule has 2 aromatic carbocycles. The van der Waals surface area contributed by atoms with Crippen LogP contribution in [-0.4, -0.2) is 53.7 Å². The molecule has 2 amide bonds. The number of carbonyl (C=O) groups is 3. The molecule has 186 valence electrons. The van der Waals surface area contributed by atoms with Crippen LogP contribution in [0, 0.1) is 11.3 Å². The molecule has 0 radical (unpaired) electrons. The minimum absolute atomic E-state index is 0.0110. The molecule has 0 bridgehead atoms. The molecule has 2 N–H and O–H groups in total. The predicted octanol–water partition coefficient (Wildman–Crippen LogP) is 4.65. The van der Waals surface area contributed by atoms with Gasteiger partial charge in [0.25, 0.3) is 0 Å². The van der Waals surface area contributed by atoms with Crippen molar-refractivity contribution in [3.63, 3.8) is 0 Å². The van der Waals surface area contributed by atoms with E-state index in [2.05, 4.69) is 29.6 Å². The lowest BCUT2D eigenvalue weighted by Crippen LogP contribution is -2.47. The smallest absolute Gasteiger partial charge is 0.407 e. The molecule has 2 atom stereocenters. The van der Waals surface area contributed by atoms with Gasteiger partial charge in [0, 0.05) is 25.4 Å². The first-order chi connectivity index (χ1) is 16.7. The molecule has 7 heteroatoms. The highest BCUT2D eigenvalue weighted by Gasteiger charge is 2.47. The van der Waals surface area contributed by atoms with Gasteiger partial charge < -0.3 is 20.1 Å². The summed E-state index contributed by atoms with van der Waals surface area (Å²) >= 11 is 0. The summed E-state index contributed by atoms with van der Waals surface area (Å²) in [6.45, 7) is 6.70. The molecule has 0 saturated carbocycles. The van der Waals surface area contributed by atoms with E-state index in [1.54, 1.807) is 0 Å². The number of nitrogens with one attached hydrogen (secondary N) is 1. The third-order valence-corrected chi connectivity index (χ3v) is 7.52. The van der Waals surface area contributed by atoms with Crippen LogP contribution in [0.3, 0.4) is 0 Å². The number of carbonyl (C=O) groups excluding carboxylic acids is 2. The molecule has 1 aliphatic heterocycles.